The van der Waals surface area contributed by atoms with E-state index >= 15 is 0 Å². The van der Waals surface area contributed by atoms with Crippen LogP contribution in [0, 0.1) is 0 Å². The van der Waals surface area contributed by atoms with Crippen molar-refractivity contribution in [3.8, 4) is 23.0 Å². The first-order chi connectivity index (χ1) is 14.1. The monoisotopic (exact) mass is 535 g/mol. The van der Waals surface area contributed by atoms with Gasteiger partial charge in [-0.1, -0.05) is 12.1 Å². The summed E-state index contributed by atoms with van der Waals surface area (Å²) in [5.74, 6) is 2.19. The predicted molar refractivity (Wildman–Crippen MR) is 119 cm³/mol. The molecule has 0 spiro atoms. The van der Waals surface area contributed by atoms with Gasteiger partial charge in [-0.2, -0.15) is 8.78 Å². The van der Waals surface area contributed by atoms with E-state index in [-0.39, 0.29) is 43.1 Å². The third-order valence-electron chi connectivity index (χ3n) is 4.12. The van der Waals surface area contributed by atoms with Gasteiger partial charge >= 0.3 is 6.61 Å². The molecule has 2 aromatic carbocycles. The minimum absolute atomic E-state index is 0. The number of hydrogen-bond donors (Lipinski definition) is 2. The molecule has 1 heterocycles. The summed E-state index contributed by atoms with van der Waals surface area (Å²) in [5, 5.41) is 6.25. The van der Waals surface area contributed by atoms with Gasteiger partial charge in [0.05, 0.1) is 13.7 Å². The van der Waals surface area contributed by atoms with E-state index in [0.717, 1.165) is 11.3 Å². The molecule has 1 aliphatic rings. The Morgan fingerprint density at radius 3 is 2.63 bits per heavy atom. The van der Waals surface area contributed by atoms with Crippen LogP contribution in [0.2, 0.25) is 0 Å². The van der Waals surface area contributed by atoms with Crippen LogP contribution in [0.5, 0.6) is 23.0 Å². The van der Waals surface area contributed by atoms with Crippen molar-refractivity contribution in [1.29, 1.82) is 0 Å². The van der Waals surface area contributed by atoms with Crippen LogP contribution in [0.15, 0.2) is 41.4 Å². The molecule has 0 saturated heterocycles. The number of hydrogen-bond acceptors (Lipinski definition) is 5. The lowest BCUT2D eigenvalue weighted by Gasteiger charge is -2.15. The zero-order valence-electron chi connectivity index (χ0n) is 16.6. The number of nitrogens with one attached hydrogen (secondary N) is 2. The highest BCUT2D eigenvalue weighted by Crippen LogP contribution is 2.38. The Morgan fingerprint density at radius 1 is 1.17 bits per heavy atom. The van der Waals surface area contributed by atoms with Crippen LogP contribution in [0.25, 0.3) is 0 Å². The fourth-order valence-corrected chi connectivity index (χ4v) is 2.77. The largest absolute Gasteiger partial charge is 0.497 e. The lowest BCUT2D eigenvalue weighted by Crippen LogP contribution is -2.36. The summed E-state index contributed by atoms with van der Waals surface area (Å²) in [5.41, 5.74) is 1.48. The molecule has 0 atom stereocenters. The molecule has 0 fully saturated rings. The highest BCUT2D eigenvalue weighted by Gasteiger charge is 2.20. The zero-order valence-corrected chi connectivity index (χ0v) is 18.9. The van der Waals surface area contributed by atoms with Crippen molar-refractivity contribution in [3.63, 3.8) is 0 Å². The number of aliphatic imine (C=N–C) groups is 1. The van der Waals surface area contributed by atoms with Crippen molar-refractivity contribution >= 4 is 29.9 Å². The predicted octanol–water partition coefficient (Wildman–Crippen LogP) is 3.90. The average molecular weight is 535 g/mol. The Hall–Kier alpha value is -2.50. The molecule has 0 radical (unpaired) electrons. The first-order valence-electron chi connectivity index (χ1n) is 9.11. The topological polar surface area (TPSA) is 73.3 Å². The molecule has 164 valence electrons. The number of nitrogens with zero attached hydrogens (tertiary/aromatic N) is 1. The SMILES string of the molecule is CCNC(=NCc1cccc(OC)c1)NCc1cc2c(cc1OC(F)F)OCO2.I. The van der Waals surface area contributed by atoms with Gasteiger partial charge in [0.1, 0.15) is 11.5 Å². The van der Waals surface area contributed by atoms with Crippen molar-refractivity contribution in [2.24, 2.45) is 4.99 Å². The second-order valence-electron chi connectivity index (χ2n) is 6.09. The lowest BCUT2D eigenvalue weighted by molar-refractivity contribution is -0.0505. The van der Waals surface area contributed by atoms with Gasteiger partial charge in [0.15, 0.2) is 17.5 Å². The standard InChI is InChI=1S/C20H23F2N3O4.HI/c1-3-23-20(24-10-13-5-4-6-15(7-13)26-2)25-11-14-8-17-18(28-12-27-17)9-16(14)29-19(21)22;/h4-9,19H,3,10-12H2,1-2H3,(H2,23,24,25);1H. The number of guanidine groups is 1. The first-order valence-corrected chi connectivity index (χ1v) is 9.11. The molecule has 1 aliphatic heterocycles. The molecule has 30 heavy (non-hydrogen) atoms. The number of fused-ring (bicyclic) bond motifs is 1. The smallest absolute Gasteiger partial charge is 0.387 e. The van der Waals surface area contributed by atoms with Gasteiger partial charge in [0.25, 0.3) is 0 Å². The minimum atomic E-state index is -2.94. The zero-order chi connectivity index (χ0) is 20.6. The number of methoxy groups -OCH3 is 1. The molecule has 7 nitrogen and oxygen atoms in total. The van der Waals surface area contributed by atoms with Gasteiger partial charge in [0.2, 0.25) is 6.79 Å². The van der Waals surface area contributed by atoms with E-state index in [4.69, 9.17) is 14.2 Å². The van der Waals surface area contributed by atoms with Gasteiger partial charge < -0.3 is 29.6 Å². The maximum absolute atomic E-state index is 12.8. The van der Waals surface area contributed by atoms with E-state index in [2.05, 4.69) is 20.4 Å². The summed E-state index contributed by atoms with van der Waals surface area (Å²) in [7, 11) is 1.61. The fraction of sp³-hybridized carbons (Fsp3) is 0.350. The van der Waals surface area contributed by atoms with Crippen molar-refractivity contribution in [3.05, 3.63) is 47.5 Å². The Kier molecular flexibility index (Phi) is 9.21. The van der Waals surface area contributed by atoms with Gasteiger partial charge in [-0.05, 0) is 30.7 Å². The highest BCUT2D eigenvalue weighted by molar-refractivity contribution is 14.0. The van der Waals surface area contributed by atoms with E-state index in [1.54, 1.807) is 13.2 Å². The van der Waals surface area contributed by atoms with Crippen LogP contribution in [0.3, 0.4) is 0 Å². The fourth-order valence-electron chi connectivity index (χ4n) is 2.77. The van der Waals surface area contributed by atoms with E-state index in [1.165, 1.54) is 6.07 Å². The molecule has 0 aromatic heterocycles. The molecule has 3 rings (SSSR count). The highest BCUT2D eigenvalue weighted by atomic mass is 127. The summed E-state index contributed by atoms with van der Waals surface area (Å²) in [6.07, 6.45) is 0. The summed E-state index contributed by atoms with van der Waals surface area (Å²) >= 11 is 0. The van der Waals surface area contributed by atoms with Crippen molar-refractivity contribution < 1.29 is 27.7 Å². The molecule has 10 heteroatoms. The quantitative estimate of drug-likeness (QED) is 0.304. The number of alkyl halides is 2. The Morgan fingerprint density at radius 2 is 1.93 bits per heavy atom. The van der Waals surface area contributed by atoms with Crippen LogP contribution in [0.4, 0.5) is 8.78 Å². The number of benzene rings is 2. The first kappa shape index (κ1) is 23.8. The molecule has 0 bridgehead atoms. The Bertz CT molecular complexity index is 868. The van der Waals surface area contributed by atoms with Crippen molar-refractivity contribution in [1.82, 2.24) is 10.6 Å². The molecule has 2 N–H and O–H groups in total. The van der Waals surface area contributed by atoms with Gasteiger partial charge in [-0.15, -0.1) is 24.0 Å². The summed E-state index contributed by atoms with van der Waals surface area (Å²) < 4.78 is 46.0. The van der Waals surface area contributed by atoms with Crippen LogP contribution in [-0.2, 0) is 13.1 Å². The van der Waals surface area contributed by atoms with E-state index in [9.17, 15) is 8.78 Å². The molecule has 0 amide bonds. The van der Waals surface area contributed by atoms with E-state index in [0.29, 0.717) is 36.1 Å². The van der Waals surface area contributed by atoms with Gasteiger partial charge in [0, 0.05) is 24.7 Å². The Labute approximate surface area is 190 Å². The van der Waals surface area contributed by atoms with Crippen LogP contribution in [0.1, 0.15) is 18.1 Å². The Balaban J connectivity index is 0.00000320. The molecule has 0 unspecified atom stereocenters. The molecular weight excluding hydrogens is 511 g/mol. The maximum atomic E-state index is 12.8. The minimum Gasteiger partial charge on any atom is -0.497 e. The maximum Gasteiger partial charge on any atom is 0.387 e. The number of ether oxygens (including phenoxy) is 4. The second kappa shape index (κ2) is 11.6. The molecule has 0 aliphatic carbocycles. The third-order valence-corrected chi connectivity index (χ3v) is 4.12. The third kappa shape index (κ3) is 6.51. The normalized spacial score (nSPS) is 12.4. The van der Waals surface area contributed by atoms with Crippen LogP contribution < -0.4 is 29.6 Å². The van der Waals surface area contributed by atoms with Crippen molar-refractivity contribution in [2.75, 3.05) is 20.4 Å². The number of halogens is 3. The van der Waals surface area contributed by atoms with E-state index < -0.39 is 6.61 Å². The summed E-state index contributed by atoms with van der Waals surface area (Å²) in [4.78, 5) is 4.53. The van der Waals surface area contributed by atoms with Crippen LogP contribution in [-0.4, -0.2) is 33.0 Å². The van der Waals surface area contributed by atoms with E-state index in [1.807, 2.05) is 31.2 Å². The summed E-state index contributed by atoms with van der Waals surface area (Å²) in [6.45, 7) is 0.325. The van der Waals surface area contributed by atoms with Crippen molar-refractivity contribution in [2.45, 2.75) is 26.6 Å². The van der Waals surface area contributed by atoms with Gasteiger partial charge in [-0.3, -0.25) is 0 Å². The number of rotatable bonds is 8. The average Bonchev–Trinajstić information content (AvgIpc) is 3.17. The lowest BCUT2D eigenvalue weighted by atomic mass is 10.1. The molecule has 0 saturated carbocycles. The summed E-state index contributed by atoms with van der Waals surface area (Å²) in [6, 6.07) is 10.6. The second-order valence-corrected chi connectivity index (χ2v) is 6.09. The van der Waals surface area contributed by atoms with Crippen LogP contribution >= 0.6 is 24.0 Å². The molecule has 2 aromatic rings. The van der Waals surface area contributed by atoms with Gasteiger partial charge in [-0.25, -0.2) is 4.99 Å². The molecular formula is C20H24F2IN3O4.